The van der Waals surface area contributed by atoms with E-state index in [0.29, 0.717) is 0 Å². The summed E-state index contributed by atoms with van der Waals surface area (Å²) >= 11 is 0. The van der Waals surface area contributed by atoms with Crippen molar-refractivity contribution in [2.24, 2.45) is 0 Å². The summed E-state index contributed by atoms with van der Waals surface area (Å²) in [6.45, 7) is 6.50. The molecule has 0 N–H and O–H groups in total. The van der Waals surface area contributed by atoms with Gasteiger partial charge < -0.3 is 6.58 Å². The van der Waals surface area contributed by atoms with Gasteiger partial charge in [0.1, 0.15) is 0 Å². The minimum Gasteiger partial charge on any atom is -0.518 e. The van der Waals surface area contributed by atoms with E-state index in [9.17, 15) is 0 Å². The fourth-order valence-electron chi connectivity index (χ4n) is 0. The normalized spacial score (nSPS) is 2.60. The zero-order valence-corrected chi connectivity index (χ0v) is 16.4. The maximum Gasteiger partial charge on any atom is 0 e. The van der Waals surface area contributed by atoms with E-state index in [1.165, 1.54) is 6.08 Å². The van der Waals surface area contributed by atoms with Crippen molar-refractivity contribution in [3.05, 3.63) is 12.7 Å². The summed E-state index contributed by atoms with van der Waals surface area (Å²) in [6.07, 6.45) is 1.50. The van der Waals surface area contributed by atoms with Crippen LogP contribution in [0.25, 0.3) is 0 Å². The van der Waals surface area contributed by atoms with Crippen LogP contribution >= 0.6 is 0 Å². The summed E-state index contributed by atoms with van der Waals surface area (Å²) in [5.41, 5.74) is 0. The molecule has 0 saturated carbocycles. The van der Waals surface area contributed by atoms with E-state index < -0.39 is 0 Å². The van der Waals surface area contributed by atoms with E-state index in [2.05, 4.69) is 0 Å². The molecule has 0 aliphatic heterocycles. The molecule has 0 atom stereocenters. The van der Waals surface area contributed by atoms with Crippen molar-refractivity contribution >= 4 is 0 Å². The van der Waals surface area contributed by atoms with Gasteiger partial charge in [-0.15, -0.1) is 0 Å². The van der Waals surface area contributed by atoms with Crippen LogP contribution in [0.5, 0.6) is 0 Å². The van der Waals surface area contributed by atoms with Gasteiger partial charge in [-0.25, -0.2) is 0 Å². The largest absolute Gasteiger partial charge is 0.518 e. The predicted molar refractivity (Wildman–Crippen MR) is 14.5 cm³/mol. The first-order valence-electron chi connectivity index (χ1n) is 0.911. The number of allylic oxidation sites excluding steroid dienone is 1. The first-order valence-corrected chi connectivity index (χ1v) is 0.911. The summed E-state index contributed by atoms with van der Waals surface area (Å²) in [5.74, 6) is 0. The summed E-state index contributed by atoms with van der Waals surface area (Å²) in [5, 5.41) is 0. The van der Waals surface area contributed by atoms with Gasteiger partial charge >= 0.3 is 0 Å². The maximum atomic E-state index is 4.72. The molecule has 0 aromatic heterocycles. The first kappa shape index (κ1) is 123. The van der Waals surface area contributed by atoms with Gasteiger partial charge in [-0.3, -0.25) is 6.08 Å². The second-order valence-electron chi connectivity index (χ2n) is 0.333. The van der Waals surface area contributed by atoms with E-state index in [1.54, 1.807) is 6.92 Å². The molecule has 0 radical (unpaired) electrons. The Morgan fingerprint density at radius 2 is 1.40 bits per heavy atom. The molecule has 0 rings (SSSR count). The number of hydrogen-bond acceptors (Lipinski definition) is 0. The van der Waals surface area contributed by atoms with Crippen molar-refractivity contribution in [1.82, 2.24) is 0 Å². The molecule has 0 saturated heterocycles. The molecule has 0 fully saturated rings. The Hall–Kier alpha value is -2.26. The van der Waals surface area contributed by atoms with Crippen LogP contribution in [0.2, 0.25) is 0 Å². The topological polar surface area (TPSA) is 0 Å². The van der Waals surface area contributed by atoms with Gasteiger partial charge in [-0.2, -0.15) is 0 Å². The van der Waals surface area contributed by atoms with E-state index >= 15 is 0 Å². The third-order valence-electron chi connectivity index (χ3n) is 0. The van der Waals surface area contributed by atoms with Crippen LogP contribution in [0, 0.1) is 6.58 Å². The standard InChI is InChI=1S/C3H5.2Rf/c1-3-2;;/h1,3H,2H3;;/q-1;;. The molecule has 0 heterocycles. The van der Waals surface area contributed by atoms with Gasteiger partial charge in [0.25, 0.3) is 0 Å². The molecule has 5 heavy (non-hydrogen) atoms. The SMILES string of the molecule is [CH-]=CC.[Rf].[Rf]. The van der Waals surface area contributed by atoms with Crippen LogP contribution in [0.15, 0.2) is 6.08 Å². The van der Waals surface area contributed by atoms with Crippen LogP contribution < -0.4 is 0 Å². The molecular weight excluding hydrogens is 570 g/mol. The Labute approximate surface area is 20.8 Å². The molecule has 2 heteroatoms. The summed E-state index contributed by atoms with van der Waals surface area (Å²) < 4.78 is 0. The van der Waals surface area contributed by atoms with Crippen LogP contribution in [-0.2, 0) is 0 Å². The third-order valence-corrected chi connectivity index (χ3v) is 0. The zero-order valence-electron chi connectivity index (χ0n) is 3.57. The average Bonchev–Trinajstić information content (AvgIpc) is 0.918. The molecular formula is C3H5Rf2-. The Bertz CT molecular complexity index is 12.4. The second-order valence-corrected chi connectivity index (χ2v) is 0.333. The summed E-state index contributed by atoms with van der Waals surface area (Å²) in [6, 6.07) is 0. The van der Waals surface area contributed by atoms with Gasteiger partial charge in [-0.1, -0.05) is 6.92 Å². The van der Waals surface area contributed by atoms with Crippen LogP contribution in [-0.4, -0.2) is 0 Å². The molecule has 0 unspecified atom stereocenters. The van der Waals surface area contributed by atoms with Crippen molar-refractivity contribution in [2.75, 3.05) is 0 Å². The van der Waals surface area contributed by atoms with Crippen molar-refractivity contribution < 1.29 is 0 Å². The van der Waals surface area contributed by atoms with Crippen molar-refractivity contribution in [3.8, 4) is 0 Å². The predicted octanol–water partition coefficient (Wildman–Crippen LogP) is 0.995. The molecule has 22 valence electrons. The Morgan fingerprint density at radius 3 is 1.40 bits per heavy atom. The first-order chi connectivity index (χ1) is 1.41. The quantitative estimate of drug-likeness (QED) is 0.379. The fraction of sp³-hybridized carbons (Fsp3) is 0.333. The molecule has 0 aromatic carbocycles. The Balaban J connectivity index is -0.0000000200. The average molecular weight is 575 g/mol. The van der Waals surface area contributed by atoms with E-state index in [-0.39, 0.29) is 0 Å². The zero-order chi connectivity index (χ0) is 2.71. The molecule has 0 bridgehead atoms. The molecule has 0 aliphatic rings. The number of rotatable bonds is 0. The minimum absolute atomic E-state index is 0. The molecule has 0 aromatic rings. The van der Waals surface area contributed by atoms with Crippen molar-refractivity contribution in [2.45, 2.75) is 6.92 Å². The van der Waals surface area contributed by atoms with Gasteiger partial charge in [0, 0.05) is 0 Å². The molecule has 0 spiro atoms. The van der Waals surface area contributed by atoms with Crippen LogP contribution in [0.1, 0.15) is 6.92 Å². The molecule has 0 amide bonds. The Kier molecular flexibility index (Phi) is 14.7. The van der Waals surface area contributed by atoms with Gasteiger partial charge in [0.15, 0.2) is 0 Å². The third kappa shape index (κ3) is 0.0230. The van der Waals surface area contributed by atoms with Gasteiger partial charge in [-0.05, 0) is 0 Å². The monoisotopic (exact) mass is 575 g/mol. The van der Waals surface area contributed by atoms with E-state index in [4.69, 9.17) is 6.58 Å². The van der Waals surface area contributed by atoms with Crippen LogP contribution in [0.4, 0.5) is 0 Å². The van der Waals surface area contributed by atoms with Gasteiger partial charge in [0.2, 0.25) is 0 Å². The van der Waals surface area contributed by atoms with Crippen LogP contribution in [0.3, 0.4) is 0 Å². The second kappa shape index (κ2) is 0.600. The van der Waals surface area contributed by atoms with Crippen molar-refractivity contribution in [3.63, 3.8) is 0 Å². The molecule has 0 nitrogen and oxygen atoms in total. The molecule has 0 aliphatic carbocycles. The van der Waals surface area contributed by atoms with E-state index in [0.717, 1.165) is 0 Å². The van der Waals surface area contributed by atoms with Crippen molar-refractivity contribution in [1.29, 1.82) is 0 Å². The smallest absolute Gasteiger partial charge is 0 e. The Morgan fingerprint density at radius 1 is 1.40 bits per heavy atom. The minimum atomic E-state index is 0. The summed E-state index contributed by atoms with van der Waals surface area (Å²) in [4.78, 5) is 0. The van der Waals surface area contributed by atoms with E-state index in [1.807, 2.05) is 0 Å². The van der Waals surface area contributed by atoms with Gasteiger partial charge in [0.05, 0.1) is 0 Å². The maximum absolute atomic E-state index is 4.72. The summed E-state index contributed by atoms with van der Waals surface area (Å²) in [7, 11) is 0. The fourth-order valence-corrected chi connectivity index (χ4v) is 0. The number of hydrogen-bond donors (Lipinski definition) is 0.